The van der Waals surface area contributed by atoms with Gasteiger partial charge < -0.3 is 9.72 Å². The molecule has 30 heavy (non-hydrogen) atoms. The molecule has 4 rings (SSSR count). The van der Waals surface area contributed by atoms with Crippen molar-refractivity contribution in [2.75, 3.05) is 19.7 Å². The van der Waals surface area contributed by atoms with Crippen molar-refractivity contribution in [3.05, 3.63) is 64.1 Å². The number of benzene rings is 1. The summed E-state index contributed by atoms with van der Waals surface area (Å²) >= 11 is 0. The zero-order valence-electron chi connectivity index (χ0n) is 18.2. The van der Waals surface area contributed by atoms with E-state index in [4.69, 9.17) is 4.74 Å². The Hall–Kier alpha value is -2.07. The topological polar surface area (TPSA) is 45.3 Å². The van der Waals surface area contributed by atoms with Crippen LogP contribution in [0.3, 0.4) is 0 Å². The molecule has 2 heterocycles. The number of rotatable bonds is 8. The summed E-state index contributed by atoms with van der Waals surface area (Å²) in [5.74, 6) is 2.57. The van der Waals surface area contributed by atoms with Crippen LogP contribution in [0.15, 0.2) is 47.4 Å². The van der Waals surface area contributed by atoms with Crippen molar-refractivity contribution in [2.45, 2.75) is 64.3 Å². The van der Waals surface area contributed by atoms with Crippen LogP contribution in [-0.2, 0) is 13.0 Å². The van der Waals surface area contributed by atoms with Crippen molar-refractivity contribution in [3.8, 4) is 5.75 Å². The lowest BCUT2D eigenvalue weighted by Gasteiger charge is -2.31. The second kappa shape index (κ2) is 10.8. The van der Waals surface area contributed by atoms with E-state index < -0.39 is 0 Å². The average Bonchev–Trinajstić information content (AvgIpc) is 2.80. The first-order chi connectivity index (χ1) is 14.8. The largest absolute Gasteiger partial charge is 0.493 e. The Morgan fingerprint density at radius 3 is 2.60 bits per heavy atom. The highest BCUT2D eigenvalue weighted by Crippen LogP contribution is 2.26. The fraction of sp³-hybridized carbons (Fsp3) is 0.577. The Morgan fingerprint density at radius 2 is 1.80 bits per heavy atom. The van der Waals surface area contributed by atoms with Crippen molar-refractivity contribution in [1.29, 1.82) is 0 Å². The molecule has 162 valence electrons. The average molecular weight is 409 g/mol. The van der Waals surface area contributed by atoms with Crippen molar-refractivity contribution < 1.29 is 4.74 Å². The van der Waals surface area contributed by atoms with Crippen LogP contribution in [0.1, 0.15) is 62.5 Å². The fourth-order valence-corrected chi connectivity index (χ4v) is 4.98. The van der Waals surface area contributed by atoms with Crippen LogP contribution in [0.5, 0.6) is 5.75 Å². The van der Waals surface area contributed by atoms with Gasteiger partial charge in [0.2, 0.25) is 0 Å². The van der Waals surface area contributed by atoms with Gasteiger partial charge in [-0.15, -0.1) is 0 Å². The number of aryl methyl sites for hydroxylation is 1. The number of pyridine rings is 1. The summed E-state index contributed by atoms with van der Waals surface area (Å²) in [5.41, 5.74) is 2.32. The quantitative estimate of drug-likeness (QED) is 0.655. The van der Waals surface area contributed by atoms with E-state index in [-0.39, 0.29) is 5.56 Å². The molecule has 1 aromatic carbocycles. The molecule has 0 unspecified atom stereocenters. The van der Waals surface area contributed by atoms with Crippen LogP contribution in [0, 0.1) is 11.8 Å². The van der Waals surface area contributed by atoms with Crippen molar-refractivity contribution in [1.82, 2.24) is 9.88 Å². The van der Waals surface area contributed by atoms with Crippen LogP contribution < -0.4 is 10.3 Å². The highest BCUT2D eigenvalue weighted by molar-refractivity contribution is 5.28. The molecular formula is C26H36N2O2. The number of aromatic amines is 1. The Morgan fingerprint density at radius 1 is 0.967 bits per heavy atom. The Bertz CT molecular complexity index is 833. The minimum absolute atomic E-state index is 0.0465. The van der Waals surface area contributed by atoms with E-state index in [2.05, 4.69) is 34.1 Å². The molecule has 0 atom stereocenters. The Kier molecular flexibility index (Phi) is 7.63. The molecule has 4 nitrogen and oxygen atoms in total. The van der Waals surface area contributed by atoms with Crippen LogP contribution in [-0.4, -0.2) is 29.6 Å². The van der Waals surface area contributed by atoms with Crippen molar-refractivity contribution in [3.63, 3.8) is 0 Å². The smallest absolute Gasteiger partial charge is 0.252 e. The number of likely N-dealkylation sites (tertiary alicyclic amines) is 1. The summed E-state index contributed by atoms with van der Waals surface area (Å²) in [4.78, 5) is 17.1. The predicted octanol–water partition coefficient (Wildman–Crippen LogP) is 5.18. The van der Waals surface area contributed by atoms with Crippen LogP contribution >= 0.6 is 0 Å². The maximum atomic E-state index is 11.9. The number of hydrogen-bond acceptors (Lipinski definition) is 3. The molecular weight excluding hydrogens is 372 g/mol. The SMILES string of the molecule is O=c1[nH]cccc1CN1CCC(CCc2cccc(OCC3CCCCC3)c2)CC1. The van der Waals surface area contributed by atoms with Gasteiger partial charge in [0.1, 0.15) is 5.75 Å². The summed E-state index contributed by atoms with van der Waals surface area (Å²) in [6.07, 6.45) is 13.3. The molecule has 0 radical (unpaired) electrons. The number of hydrogen-bond donors (Lipinski definition) is 1. The third-order valence-electron chi connectivity index (χ3n) is 6.95. The standard InChI is InChI=1S/C26H36N2O2/c29-26-24(9-5-15-27-26)19-28-16-13-21(14-17-28)11-12-22-8-4-10-25(18-22)30-20-23-6-2-1-3-7-23/h4-5,8-10,15,18,21,23H,1-3,6-7,11-14,16-17,19-20H2,(H,27,29). The number of H-pyrrole nitrogens is 1. The molecule has 1 aliphatic heterocycles. The van der Waals surface area contributed by atoms with E-state index in [1.54, 1.807) is 6.20 Å². The number of nitrogens with one attached hydrogen (secondary N) is 1. The van der Waals surface area contributed by atoms with E-state index in [0.29, 0.717) is 0 Å². The molecule has 2 aliphatic rings. The molecule has 1 N–H and O–H groups in total. The normalized spacial score (nSPS) is 19.1. The second-order valence-corrected chi connectivity index (χ2v) is 9.25. The zero-order chi connectivity index (χ0) is 20.6. The summed E-state index contributed by atoms with van der Waals surface area (Å²) in [5, 5.41) is 0. The first-order valence-corrected chi connectivity index (χ1v) is 11.9. The number of ether oxygens (including phenoxy) is 1. The summed E-state index contributed by atoms with van der Waals surface area (Å²) < 4.78 is 6.12. The van der Waals surface area contributed by atoms with Gasteiger partial charge in [0, 0.05) is 18.3 Å². The lowest BCUT2D eigenvalue weighted by molar-refractivity contribution is 0.172. The fourth-order valence-electron chi connectivity index (χ4n) is 4.98. The van der Waals surface area contributed by atoms with Crippen LogP contribution in [0.25, 0.3) is 0 Å². The maximum Gasteiger partial charge on any atom is 0.252 e. The van der Waals surface area contributed by atoms with E-state index in [1.165, 1.54) is 56.9 Å². The number of piperidine rings is 1. The molecule has 4 heteroatoms. The van der Waals surface area contributed by atoms with E-state index >= 15 is 0 Å². The number of nitrogens with zero attached hydrogens (tertiary/aromatic N) is 1. The van der Waals surface area contributed by atoms with Gasteiger partial charge in [-0.3, -0.25) is 9.69 Å². The van der Waals surface area contributed by atoms with Gasteiger partial charge in [-0.1, -0.05) is 37.5 Å². The highest BCUT2D eigenvalue weighted by Gasteiger charge is 2.20. The summed E-state index contributed by atoms with van der Waals surface area (Å²) in [6.45, 7) is 3.82. The van der Waals surface area contributed by atoms with Gasteiger partial charge in [-0.25, -0.2) is 0 Å². The monoisotopic (exact) mass is 408 g/mol. The van der Waals surface area contributed by atoms with Gasteiger partial charge >= 0.3 is 0 Å². The molecule has 1 saturated carbocycles. The lowest BCUT2D eigenvalue weighted by atomic mass is 9.90. The van der Waals surface area contributed by atoms with E-state index in [0.717, 1.165) is 55.8 Å². The van der Waals surface area contributed by atoms with Gasteiger partial charge in [-0.2, -0.15) is 0 Å². The molecule has 0 bridgehead atoms. The van der Waals surface area contributed by atoms with Gasteiger partial charge in [0.05, 0.1) is 6.61 Å². The third-order valence-corrected chi connectivity index (χ3v) is 6.95. The Labute approximate surface area is 180 Å². The van der Waals surface area contributed by atoms with Crippen LogP contribution in [0.4, 0.5) is 0 Å². The second-order valence-electron chi connectivity index (χ2n) is 9.25. The molecule has 1 saturated heterocycles. The van der Waals surface area contributed by atoms with Gasteiger partial charge in [0.25, 0.3) is 5.56 Å². The lowest BCUT2D eigenvalue weighted by Crippen LogP contribution is -2.34. The molecule has 0 amide bonds. The van der Waals surface area contributed by atoms with Gasteiger partial charge in [0.15, 0.2) is 0 Å². The first kappa shape index (κ1) is 21.2. The maximum absolute atomic E-state index is 11.9. The van der Waals surface area contributed by atoms with Crippen molar-refractivity contribution >= 4 is 0 Å². The van der Waals surface area contributed by atoms with Crippen LogP contribution in [0.2, 0.25) is 0 Å². The van der Waals surface area contributed by atoms with E-state index in [9.17, 15) is 4.79 Å². The van der Waals surface area contributed by atoms with Crippen molar-refractivity contribution in [2.24, 2.45) is 11.8 Å². The number of aromatic nitrogens is 1. The minimum atomic E-state index is 0.0465. The molecule has 1 aliphatic carbocycles. The van der Waals surface area contributed by atoms with Gasteiger partial charge in [-0.05, 0) is 87.2 Å². The predicted molar refractivity (Wildman–Crippen MR) is 122 cm³/mol. The zero-order valence-corrected chi connectivity index (χ0v) is 18.2. The molecule has 2 aromatic rings. The Balaban J connectivity index is 1.19. The van der Waals surface area contributed by atoms with E-state index in [1.807, 2.05) is 12.1 Å². The first-order valence-electron chi connectivity index (χ1n) is 11.9. The molecule has 2 fully saturated rings. The summed E-state index contributed by atoms with van der Waals surface area (Å²) in [7, 11) is 0. The molecule has 0 spiro atoms. The minimum Gasteiger partial charge on any atom is -0.493 e. The molecule has 1 aromatic heterocycles. The third kappa shape index (κ3) is 6.21. The highest BCUT2D eigenvalue weighted by atomic mass is 16.5. The summed E-state index contributed by atoms with van der Waals surface area (Å²) in [6, 6.07) is 12.6.